The molecule has 2 amide bonds. The van der Waals surface area contributed by atoms with Gasteiger partial charge in [-0.2, -0.15) is 0 Å². The molecule has 118 valence electrons. The second kappa shape index (κ2) is 4.35. The molecule has 4 heteroatoms. The van der Waals surface area contributed by atoms with E-state index < -0.39 is 0 Å². The van der Waals surface area contributed by atoms with Crippen molar-refractivity contribution in [3.05, 3.63) is 39.9 Å². The van der Waals surface area contributed by atoms with Gasteiger partial charge in [-0.15, -0.1) is 0 Å². The van der Waals surface area contributed by atoms with E-state index in [2.05, 4.69) is 28.1 Å². The smallest absolute Gasteiger partial charge is 0.238 e. The lowest BCUT2D eigenvalue weighted by atomic mass is 9.63. The van der Waals surface area contributed by atoms with Gasteiger partial charge in [0.15, 0.2) is 0 Å². The standard InChI is InChI=1S/C19H18BrNO2/c1-8-5-10(20)6-9(2)17(8)21-18(22)15-11-3-4-12(14-7-13(11)14)16(15)19(21)23/h3-6,11-16H,7H2,1-2H3/t11-,12+,13-,14-,15+,16-/m1/s1. The Hall–Kier alpha value is -1.42. The molecule has 2 bridgehead atoms. The summed E-state index contributed by atoms with van der Waals surface area (Å²) >= 11 is 3.49. The number of amides is 2. The van der Waals surface area contributed by atoms with Crippen LogP contribution in [0.5, 0.6) is 0 Å². The van der Waals surface area contributed by atoms with Crippen molar-refractivity contribution in [3.8, 4) is 0 Å². The molecule has 0 spiro atoms. The van der Waals surface area contributed by atoms with E-state index in [0.29, 0.717) is 11.8 Å². The lowest BCUT2D eigenvalue weighted by Crippen LogP contribution is -2.40. The highest BCUT2D eigenvalue weighted by atomic mass is 79.9. The Morgan fingerprint density at radius 3 is 1.91 bits per heavy atom. The maximum Gasteiger partial charge on any atom is 0.238 e. The monoisotopic (exact) mass is 371 g/mol. The van der Waals surface area contributed by atoms with E-state index in [1.807, 2.05) is 26.0 Å². The van der Waals surface area contributed by atoms with Crippen molar-refractivity contribution in [1.29, 1.82) is 0 Å². The Morgan fingerprint density at radius 1 is 0.957 bits per heavy atom. The molecule has 1 aliphatic heterocycles. The number of aryl methyl sites for hydroxylation is 2. The average Bonchev–Trinajstić information content (AvgIpc) is 3.26. The molecule has 1 aromatic rings. The Labute approximate surface area is 143 Å². The van der Waals surface area contributed by atoms with E-state index in [-0.39, 0.29) is 35.5 Å². The van der Waals surface area contributed by atoms with Gasteiger partial charge in [-0.25, -0.2) is 4.90 Å². The number of halogens is 1. The summed E-state index contributed by atoms with van der Waals surface area (Å²) in [7, 11) is 0. The number of imide groups is 1. The zero-order valence-corrected chi connectivity index (χ0v) is 14.7. The quantitative estimate of drug-likeness (QED) is 0.558. The van der Waals surface area contributed by atoms with Crippen LogP contribution in [0.3, 0.4) is 0 Å². The number of allylic oxidation sites excluding steroid dienone is 2. The van der Waals surface area contributed by atoms with Crippen molar-refractivity contribution in [3.63, 3.8) is 0 Å². The SMILES string of the molecule is Cc1cc(Br)cc(C)c1N1C(=O)[C@@H]2[C@H]3C=C[C@H]([C@H]4C[C@H]34)[C@@H]2C1=O. The van der Waals surface area contributed by atoms with Gasteiger partial charge in [-0.1, -0.05) is 28.1 Å². The van der Waals surface area contributed by atoms with Crippen LogP contribution in [0.2, 0.25) is 0 Å². The van der Waals surface area contributed by atoms with Gasteiger partial charge in [0.05, 0.1) is 17.5 Å². The minimum absolute atomic E-state index is 0.0261. The van der Waals surface area contributed by atoms with E-state index in [9.17, 15) is 9.59 Å². The second-order valence-electron chi connectivity index (χ2n) is 7.55. The molecule has 23 heavy (non-hydrogen) atoms. The van der Waals surface area contributed by atoms with Gasteiger partial charge < -0.3 is 0 Å². The summed E-state index contributed by atoms with van der Waals surface area (Å²) in [5, 5.41) is 0. The molecule has 1 heterocycles. The van der Waals surface area contributed by atoms with Crippen molar-refractivity contribution >= 4 is 33.4 Å². The van der Waals surface area contributed by atoms with Gasteiger partial charge in [0.25, 0.3) is 0 Å². The molecule has 3 nitrogen and oxygen atoms in total. The first-order valence-corrected chi connectivity index (χ1v) is 9.11. The lowest BCUT2D eigenvalue weighted by Gasteiger charge is -2.37. The molecule has 6 rings (SSSR count). The fourth-order valence-corrected chi connectivity index (χ4v) is 6.12. The van der Waals surface area contributed by atoms with Crippen LogP contribution in [0, 0.1) is 49.4 Å². The van der Waals surface area contributed by atoms with Crippen LogP contribution in [0.15, 0.2) is 28.8 Å². The van der Waals surface area contributed by atoms with E-state index in [4.69, 9.17) is 0 Å². The molecule has 3 fully saturated rings. The minimum atomic E-state index is -0.122. The molecule has 4 aliphatic carbocycles. The van der Waals surface area contributed by atoms with Gasteiger partial charge in [-0.05, 0) is 67.2 Å². The van der Waals surface area contributed by atoms with E-state index >= 15 is 0 Å². The minimum Gasteiger partial charge on any atom is -0.274 e. The van der Waals surface area contributed by atoms with Crippen LogP contribution in [0.25, 0.3) is 0 Å². The van der Waals surface area contributed by atoms with Crippen LogP contribution in [-0.4, -0.2) is 11.8 Å². The zero-order chi connectivity index (χ0) is 16.0. The fraction of sp³-hybridized carbons (Fsp3) is 0.474. The van der Waals surface area contributed by atoms with E-state index in [1.165, 1.54) is 11.3 Å². The van der Waals surface area contributed by atoms with Crippen LogP contribution in [-0.2, 0) is 9.59 Å². The van der Waals surface area contributed by atoms with E-state index in [0.717, 1.165) is 21.3 Å². The van der Waals surface area contributed by atoms with Crippen molar-refractivity contribution in [1.82, 2.24) is 0 Å². The second-order valence-corrected chi connectivity index (χ2v) is 8.47. The van der Waals surface area contributed by atoms with E-state index in [1.54, 1.807) is 0 Å². The van der Waals surface area contributed by atoms with Crippen molar-refractivity contribution in [2.75, 3.05) is 4.90 Å². The molecular formula is C19H18BrNO2. The molecule has 1 saturated heterocycles. The molecule has 0 radical (unpaired) electrons. The summed E-state index contributed by atoms with van der Waals surface area (Å²) in [6.45, 7) is 3.94. The molecular weight excluding hydrogens is 354 g/mol. The lowest BCUT2D eigenvalue weighted by molar-refractivity contribution is -0.124. The molecule has 0 N–H and O–H groups in total. The first-order chi connectivity index (χ1) is 11.0. The molecule has 0 aromatic heterocycles. The van der Waals surface area contributed by atoms with Gasteiger partial charge in [-0.3, -0.25) is 9.59 Å². The Kier molecular flexibility index (Phi) is 2.64. The highest BCUT2D eigenvalue weighted by molar-refractivity contribution is 9.10. The predicted octanol–water partition coefficient (Wildman–Crippen LogP) is 3.62. The molecule has 1 aromatic carbocycles. The number of nitrogens with zero attached hydrogens (tertiary/aromatic N) is 1. The van der Waals surface area contributed by atoms with Crippen LogP contribution in [0.1, 0.15) is 17.5 Å². The summed E-state index contributed by atoms with van der Waals surface area (Å²) in [4.78, 5) is 27.8. The third-order valence-corrected chi connectivity index (χ3v) is 6.80. The molecule has 6 atom stereocenters. The fourth-order valence-electron chi connectivity index (χ4n) is 5.43. The van der Waals surface area contributed by atoms with Crippen molar-refractivity contribution in [2.45, 2.75) is 20.3 Å². The van der Waals surface area contributed by atoms with Gasteiger partial charge in [0, 0.05) is 4.47 Å². The summed E-state index contributed by atoms with van der Waals surface area (Å²) in [5.41, 5.74) is 2.75. The predicted molar refractivity (Wildman–Crippen MR) is 90.8 cm³/mol. The van der Waals surface area contributed by atoms with Gasteiger partial charge >= 0.3 is 0 Å². The molecule has 2 saturated carbocycles. The Bertz CT molecular complexity index is 740. The average molecular weight is 372 g/mol. The summed E-state index contributed by atoms with van der Waals surface area (Å²) in [6.07, 6.45) is 5.64. The Balaban J connectivity index is 1.63. The normalized spacial score (nSPS) is 39.7. The van der Waals surface area contributed by atoms with Crippen LogP contribution >= 0.6 is 15.9 Å². The van der Waals surface area contributed by atoms with Crippen LogP contribution in [0.4, 0.5) is 5.69 Å². The third kappa shape index (κ3) is 1.65. The third-order valence-electron chi connectivity index (χ3n) is 6.34. The first-order valence-electron chi connectivity index (χ1n) is 8.32. The number of carbonyl (C=O) groups is 2. The number of hydrogen-bond donors (Lipinski definition) is 0. The number of rotatable bonds is 1. The molecule has 5 aliphatic rings. The maximum absolute atomic E-state index is 13.2. The highest BCUT2D eigenvalue weighted by Gasteiger charge is 2.67. The number of benzene rings is 1. The van der Waals surface area contributed by atoms with Crippen molar-refractivity contribution in [2.24, 2.45) is 35.5 Å². The topological polar surface area (TPSA) is 37.4 Å². The first kappa shape index (κ1) is 14.0. The van der Waals surface area contributed by atoms with Crippen LogP contribution < -0.4 is 4.90 Å². The number of hydrogen-bond acceptors (Lipinski definition) is 2. The largest absolute Gasteiger partial charge is 0.274 e. The summed E-state index contributed by atoms with van der Waals surface area (Å²) in [6, 6.07) is 3.96. The highest BCUT2D eigenvalue weighted by Crippen LogP contribution is 2.65. The van der Waals surface area contributed by atoms with Crippen molar-refractivity contribution < 1.29 is 9.59 Å². The van der Waals surface area contributed by atoms with Gasteiger partial charge in [0.1, 0.15) is 0 Å². The summed E-state index contributed by atoms with van der Waals surface area (Å²) in [5.74, 6) is 1.67. The number of carbonyl (C=O) groups excluding carboxylic acids is 2. The zero-order valence-electron chi connectivity index (χ0n) is 13.1. The van der Waals surface area contributed by atoms with Gasteiger partial charge in [0.2, 0.25) is 11.8 Å². The number of anilines is 1. The Morgan fingerprint density at radius 2 is 1.43 bits per heavy atom. The summed E-state index contributed by atoms with van der Waals surface area (Å²) < 4.78 is 0.982. The maximum atomic E-state index is 13.2. The molecule has 0 unspecified atom stereocenters.